The fourth-order valence-electron chi connectivity index (χ4n) is 7.16. The van der Waals surface area contributed by atoms with E-state index in [1.807, 2.05) is 24.3 Å². The van der Waals surface area contributed by atoms with Crippen LogP contribution in [0.1, 0.15) is 22.5 Å². The number of hydrogen-bond acceptors (Lipinski definition) is 3. The van der Waals surface area contributed by atoms with Gasteiger partial charge in [0.2, 0.25) is 0 Å². The number of rotatable bonds is 4. The Morgan fingerprint density at radius 2 is 0.783 bits per heavy atom. The van der Waals surface area contributed by atoms with Crippen molar-refractivity contribution in [3.8, 4) is 34.0 Å². The third-order valence-electron chi connectivity index (χ3n) is 9.20. The summed E-state index contributed by atoms with van der Waals surface area (Å²) in [4.78, 5) is 11.0. The molecule has 0 unspecified atom stereocenters. The normalized spacial score (nSPS) is 13.1. The van der Waals surface area contributed by atoms with Crippen LogP contribution >= 0.6 is 0 Å². The second-order valence-corrected chi connectivity index (χ2v) is 11.7. The van der Waals surface area contributed by atoms with Crippen LogP contribution in [0.5, 0.6) is 11.5 Å². The molecule has 3 nitrogen and oxygen atoms in total. The van der Waals surface area contributed by atoms with Crippen LogP contribution in [0, 0.1) is 0 Å². The average Bonchev–Trinajstić information content (AvgIpc) is 3.13. The maximum Gasteiger partial charge on any atom is 0.132 e. The van der Waals surface area contributed by atoms with Crippen LogP contribution in [-0.2, 0) is 5.41 Å². The molecule has 0 bridgehead atoms. The van der Waals surface area contributed by atoms with Gasteiger partial charge in [0.25, 0.3) is 0 Å². The quantitative estimate of drug-likeness (QED) is 0.205. The van der Waals surface area contributed by atoms with Crippen LogP contribution in [0.2, 0.25) is 0 Å². The monoisotopic (exact) mass is 588 g/mol. The summed E-state index contributed by atoms with van der Waals surface area (Å²) in [5, 5.41) is 4.72. The molecule has 1 aliphatic rings. The highest BCUT2D eigenvalue weighted by atomic mass is 16.5. The van der Waals surface area contributed by atoms with E-state index in [1.165, 1.54) is 21.5 Å². The minimum Gasteiger partial charge on any atom is -0.457 e. The Balaban J connectivity index is 1.36. The molecule has 8 aromatic rings. The van der Waals surface area contributed by atoms with Crippen molar-refractivity contribution in [2.75, 3.05) is 0 Å². The van der Waals surface area contributed by atoms with Crippen molar-refractivity contribution in [3.63, 3.8) is 0 Å². The third-order valence-corrected chi connectivity index (χ3v) is 9.20. The Labute approximate surface area is 267 Å². The Kier molecular flexibility index (Phi) is 6.04. The summed E-state index contributed by atoms with van der Waals surface area (Å²) in [5.74, 6) is 1.60. The third kappa shape index (κ3) is 3.99. The fourth-order valence-corrected chi connectivity index (χ4v) is 7.16. The molecule has 0 N–H and O–H groups in total. The molecule has 6 aromatic carbocycles. The van der Waals surface area contributed by atoms with Crippen molar-refractivity contribution in [1.29, 1.82) is 0 Å². The van der Waals surface area contributed by atoms with Crippen molar-refractivity contribution in [2.45, 2.75) is 5.41 Å². The lowest BCUT2D eigenvalue weighted by Crippen LogP contribution is -2.36. The van der Waals surface area contributed by atoms with Gasteiger partial charge in [-0.2, -0.15) is 0 Å². The predicted octanol–water partition coefficient (Wildman–Crippen LogP) is 10.6. The van der Waals surface area contributed by atoms with E-state index in [4.69, 9.17) is 14.7 Å². The molecule has 0 radical (unpaired) electrons. The number of benzene rings is 6. The molecule has 9 rings (SSSR count). The Morgan fingerprint density at radius 1 is 0.370 bits per heavy atom. The highest BCUT2D eigenvalue weighted by Gasteiger charge is 2.47. The van der Waals surface area contributed by atoms with Gasteiger partial charge in [-0.05, 0) is 57.9 Å². The Hall–Kier alpha value is -6.06. The van der Waals surface area contributed by atoms with Crippen LogP contribution in [0.25, 0.3) is 44.1 Å². The second-order valence-electron chi connectivity index (χ2n) is 11.7. The van der Waals surface area contributed by atoms with Gasteiger partial charge in [0.15, 0.2) is 0 Å². The molecule has 1 aliphatic heterocycles. The van der Waals surface area contributed by atoms with Crippen LogP contribution in [0.4, 0.5) is 0 Å². The molecule has 3 heterocycles. The van der Waals surface area contributed by atoms with E-state index in [0.717, 1.165) is 56.5 Å². The zero-order chi connectivity index (χ0) is 30.5. The number of pyridine rings is 2. The molecule has 0 atom stereocenters. The first kappa shape index (κ1) is 26.4. The minimum absolute atomic E-state index is 0.802. The minimum atomic E-state index is -0.841. The van der Waals surface area contributed by atoms with E-state index in [0.29, 0.717) is 0 Å². The number of nitrogens with zero attached hydrogens (tertiary/aromatic N) is 2. The first-order valence-corrected chi connectivity index (χ1v) is 15.6. The average molecular weight is 589 g/mol. The molecule has 0 aliphatic carbocycles. The maximum atomic E-state index is 6.57. The van der Waals surface area contributed by atoms with Crippen molar-refractivity contribution in [3.05, 3.63) is 192 Å². The predicted molar refractivity (Wildman–Crippen MR) is 186 cm³/mol. The van der Waals surface area contributed by atoms with Gasteiger partial charge in [-0.15, -0.1) is 0 Å². The van der Waals surface area contributed by atoms with Gasteiger partial charge in [-0.1, -0.05) is 133 Å². The van der Waals surface area contributed by atoms with E-state index in [2.05, 4.69) is 146 Å². The molecule has 0 saturated carbocycles. The van der Waals surface area contributed by atoms with Crippen LogP contribution in [-0.4, -0.2) is 9.97 Å². The molecule has 0 amide bonds. The molecule has 2 aromatic heterocycles. The van der Waals surface area contributed by atoms with Crippen molar-refractivity contribution in [2.24, 2.45) is 0 Å². The van der Waals surface area contributed by atoms with Crippen LogP contribution < -0.4 is 4.74 Å². The SMILES string of the molecule is c1cc(-c2cccc3ccccc23)nc(C2(c3cccc(-c4cccc5ccccc45)n3)c3ccccc3Oc3ccccc32)c1. The first-order valence-electron chi connectivity index (χ1n) is 15.6. The van der Waals surface area contributed by atoms with Gasteiger partial charge in [0.05, 0.1) is 22.8 Å². The van der Waals surface area contributed by atoms with Gasteiger partial charge >= 0.3 is 0 Å². The molecular formula is C43H28N2O. The van der Waals surface area contributed by atoms with Crippen LogP contribution in [0.15, 0.2) is 170 Å². The highest BCUT2D eigenvalue weighted by molar-refractivity contribution is 5.97. The van der Waals surface area contributed by atoms with Gasteiger partial charge in [-0.3, -0.25) is 9.97 Å². The van der Waals surface area contributed by atoms with Crippen LogP contribution in [0.3, 0.4) is 0 Å². The molecule has 0 saturated heterocycles. The van der Waals surface area contributed by atoms with Crippen molar-refractivity contribution in [1.82, 2.24) is 9.97 Å². The largest absolute Gasteiger partial charge is 0.457 e. The summed E-state index contributed by atoms with van der Waals surface area (Å²) in [7, 11) is 0. The molecule has 46 heavy (non-hydrogen) atoms. The summed E-state index contributed by atoms with van der Waals surface area (Å²) in [6.07, 6.45) is 0. The van der Waals surface area contributed by atoms with E-state index in [1.54, 1.807) is 0 Å². The smallest absolute Gasteiger partial charge is 0.132 e. The van der Waals surface area contributed by atoms with Gasteiger partial charge in [0.1, 0.15) is 16.9 Å². The number of aromatic nitrogens is 2. The van der Waals surface area contributed by atoms with Crippen molar-refractivity contribution < 1.29 is 4.74 Å². The van der Waals surface area contributed by atoms with Gasteiger partial charge in [0, 0.05) is 22.3 Å². The summed E-state index contributed by atoms with van der Waals surface area (Å²) in [6, 6.07) is 59.2. The Bertz CT molecular complexity index is 2250. The van der Waals surface area contributed by atoms with Crippen molar-refractivity contribution >= 4 is 21.5 Å². The zero-order valence-corrected chi connectivity index (χ0v) is 25.0. The summed E-state index contributed by atoms with van der Waals surface area (Å²) < 4.78 is 6.57. The molecule has 0 fully saturated rings. The van der Waals surface area contributed by atoms with Gasteiger partial charge < -0.3 is 4.74 Å². The van der Waals surface area contributed by atoms with E-state index in [9.17, 15) is 0 Å². The van der Waals surface area contributed by atoms with E-state index >= 15 is 0 Å². The zero-order valence-electron chi connectivity index (χ0n) is 25.0. The molecule has 216 valence electrons. The lowest BCUT2D eigenvalue weighted by molar-refractivity contribution is 0.430. The maximum absolute atomic E-state index is 6.57. The van der Waals surface area contributed by atoms with Gasteiger partial charge in [-0.25, -0.2) is 0 Å². The molecule has 3 heteroatoms. The summed E-state index contributed by atoms with van der Waals surface area (Å²) >= 11 is 0. The topological polar surface area (TPSA) is 35.0 Å². The van der Waals surface area contributed by atoms with E-state index in [-0.39, 0.29) is 0 Å². The number of fused-ring (bicyclic) bond motifs is 4. The lowest BCUT2D eigenvalue weighted by atomic mass is 9.67. The fraction of sp³-hybridized carbons (Fsp3) is 0.0233. The lowest BCUT2D eigenvalue weighted by Gasteiger charge is -2.40. The summed E-state index contributed by atoms with van der Waals surface area (Å²) in [6.45, 7) is 0. The number of hydrogen-bond donors (Lipinski definition) is 0. The highest BCUT2D eigenvalue weighted by Crippen LogP contribution is 2.54. The van der Waals surface area contributed by atoms with E-state index < -0.39 is 5.41 Å². The Morgan fingerprint density at radius 3 is 1.30 bits per heavy atom. The molecule has 0 spiro atoms. The first-order chi connectivity index (χ1) is 22.8. The molecular weight excluding hydrogens is 560 g/mol. The number of ether oxygens (including phenoxy) is 1. The second kappa shape index (κ2) is 10.5. The standard InChI is InChI=1S/C43H28N2O/c1-3-17-31-29(13-1)15-9-19-33(31)37-23-11-27-41(44-37)43(35-21-5-7-25-39(35)46-40-26-8-6-22-36(40)43)42-28-12-24-38(45-42)34-20-10-16-30-14-2-4-18-32(30)34/h1-28H. The summed E-state index contributed by atoms with van der Waals surface area (Å²) in [5.41, 5.74) is 7.00. The number of para-hydroxylation sites is 2.